The maximum atomic E-state index is 11.4. The Bertz CT molecular complexity index is 338. The Balaban J connectivity index is 2.41. The van der Waals surface area contributed by atoms with Crippen LogP contribution in [-0.2, 0) is 19.1 Å². The highest BCUT2D eigenvalue weighted by Crippen LogP contribution is 2.23. The van der Waals surface area contributed by atoms with Crippen molar-refractivity contribution in [3.8, 4) is 0 Å². The van der Waals surface area contributed by atoms with Gasteiger partial charge in [0.2, 0.25) is 5.91 Å². The van der Waals surface area contributed by atoms with Gasteiger partial charge < -0.3 is 30.1 Å². The number of carbonyl (C=O) groups excluding carboxylic acids is 1. The quantitative estimate of drug-likeness (QED) is 0.433. The van der Waals surface area contributed by atoms with Crippen molar-refractivity contribution in [3.05, 3.63) is 0 Å². The number of carboxylic acid groups (broad SMARTS) is 1. The zero-order chi connectivity index (χ0) is 14.6. The molecular formula is C11H19NO7. The van der Waals surface area contributed by atoms with Crippen LogP contribution in [0.4, 0.5) is 0 Å². The number of aliphatic hydroxyl groups is 2. The number of ether oxygens (including phenoxy) is 2. The third-order valence-electron chi connectivity index (χ3n) is 2.50. The second-order valence-electron chi connectivity index (χ2n) is 4.84. The Labute approximate surface area is 110 Å². The lowest BCUT2D eigenvalue weighted by molar-refractivity contribution is -0.218. The van der Waals surface area contributed by atoms with Gasteiger partial charge in [-0.3, -0.25) is 9.59 Å². The fraction of sp³-hybridized carbons (Fsp3) is 0.818. The number of hydrogen-bond donors (Lipinski definition) is 4. The summed E-state index contributed by atoms with van der Waals surface area (Å²) >= 11 is 0. The minimum atomic E-state index is -1.41. The molecule has 0 aliphatic carbocycles. The van der Waals surface area contributed by atoms with Gasteiger partial charge in [-0.25, -0.2) is 0 Å². The molecule has 8 heteroatoms. The summed E-state index contributed by atoms with van der Waals surface area (Å²) in [6, 6.07) is 0. The number of aliphatic carboxylic acids is 1. The molecule has 0 aromatic rings. The minimum Gasteiger partial charge on any atom is -0.480 e. The van der Waals surface area contributed by atoms with Crippen LogP contribution in [0.1, 0.15) is 20.3 Å². The highest BCUT2D eigenvalue weighted by atomic mass is 16.7. The molecule has 1 rings (SSSR count). The van der Waals surface area contributed by atoms with Crippen molar-refractivity contribution in [1.29, 1.82) is 0 Å². The summed E-state index contributed by atoms with van der Waals surface area (Å²) in [5.41, 5.74) is 0. The fourth-order valence-electron chi connectivity index (χ4n) is 1.74. The molecule has 0 aromatic carbocycles. The van der Waals surface area contributed by atoms with Gasteiger partial charge >= 0.3 is 5.97 Å². The van der Waals surface area contributed by atoms with Crippen LogP contribution in [0.5, 0.6) is 0 Å². The molecule has 0 radical (unpaired) electrons. The number of amides is 1. The van der Waals surface area contributed by atoms with E-state index >= 15 is 0 Å². The normalized spacial score (nSPS) is 27.3. The molecule has 0 aromatic heterocycles. The van der Waals surface area contributed by atoms with Crippen molar-refractivity contribution in [2.75, 3.05) is 13.2 Å². The van der Waals surface area contributed by atoms with Crippen LogP contribution in [0.25, 0.3) is 0 Å². The van der Waals surface area contributed by atoms with Gasteiger partial charge in [0.25, 0.3) is 0 Å². The Morgan fingerprint density at radius 1 is 1.47 bits per heavy atom. The van der Waals surface area contributed by atoms with E-state index in [0.29, 0.717) is 0 Å². The Kier molecular flexibility index (Phi) is 5.24. The van der Waals surface area contributed by atoms with E-state index in [2.05, 4.69) is 5.32 Å². The summed E-state index contributed by atoms with van der Waals surface area (Å²) in [4.78, 5) is 21.7. The van der Waals surface area contributed by atoms with Gasteiger partial charge in [0.1, 0.15) is 18.8 Å². The third kappa shape index (κ3) is 5.52. The first-order valence-electron chi connectivity index (χ1n) is 5.87. The lowest BCUT2D eigenvalue weighted by Crippen LogP contribution is -2.40. The van der Waals surface area contributed by atoms with Crippen molar-refractivity contribution < 1.29 is 34.4 Å². The molecule has 1 amide bonds. The Morgan fingerprint density at radius 2 is 2.11 bits per heavy atom. The fourth-order valence-corrected chi connectivity index (χ4v) is 1.74. The molecule has 110 valence electrons. The summed E-state index contributed by atoms with van der Waals surface area (Å²) in [5.74, 6) is -3.09. The SMILES string of the molecule is CC(C)(O)O[C@H]1CO[C@H](CC(=O)NCC(=O)O)[C@@H]1O. The molecule has 1 aliphatic heterocycles. The lowest BCUT2D eigenvalue weighted by atomic mass is 10.1. The van der Waals surface area contributed by atoms with Gasteiger partial charge in [-0.15, -0.1) is 0 Å². The zero-order valence-electron chi connectivity index (χ0n) is 10.8. The van der Waals surface area contributed by atoms with Crippen LogP contribution in [0.15, 0.2) is 0 Å². The van der Waals surface area contributed by atoms with Crippen molar-refractivity contribution in [2.24, 2.45) is 0 Å². The van der Waals surface area contributed by atoms with Crippen molar-refractivity contribution in [1.82, 2.24) is 5.32 Å². The second kappa shape index (κ2) is 6.29. The van der Waals surface area contributed by atoms with Crippen LogP contribution >= 0.6 is 0 Å². The maximum Gasteiger partial charge on any atom is 0.322 e. The number of rotatable bonds is 6. The first-order chi connectivity index (χ1) is 8.69. The summed E-state index contributed by atoms with van der Waals surface area (Å²) in [5, 5.41) is 29.9. The number of nitrogens with one attached hydrogen (secondary N) is 1. The highest BCUT2D eigenvalue weighted by Gasteiger charge is 2.40. The van der Waals surface area contributed by atoms with Gasteiger partial charge in [0, 0.05) is 0 Å². The van der Waals surface area contributed by atoms with Gasteiger partial charge in [-0.1, -0.05) is 0 Å². The van der Waals surface area contributed by atoms with E-state index in [1.165, 1.54) is 13.8 Å². The van der Waals surface area contributed by atoms with E-state index in [9.17, 15) is 19.8 Å². The van der Waals surface area contributed by atoms with Crippen LogP contribution in [0.2, 0.25) is 0 Å². The lowest BCUT2D eigenvalue weighted by Gasteiger charge is -2.25. The van der Waals surface area contributed by atoms with Crippen molar-refractivity contribution in [2.45, 2.75) is 44.4 Å². The van der Waals surface area contributed by atoms with Crippen LogP contribution in [-0.4, -0.2) is 64.4 Å². The van der Waals surface area contributed by atoms with Gasteiger partial charge in [-0.2, -0.15) is 0 Å². The molecule has 1 heterocycles. The number of carbonyl (C=O) groups is 2. The van der Waals surface area contributed by atoms with Crippen LogP contribution in [0.3, 0.4) is 0 Å². The third-order valence-corrected chi connectivity index (χ3v) is 2.50. The highest BCUT2D eigenvalue weighted by molar-refractivity contribution is 5.81. The molecule has 3 atom stereocenters. The summed E-state index contributed by atoms with van der Waals surface area (Å²) in [7, 11) is 0. The van der Waals surface area contributed by atoms with Crippen molar-refractivity contribution in [3.63, 3.8) is 0 Å². The predicted molar refractivity (Wildman–Crippen MR) is 62.2 cm³/mol. The van der Waals surface area contributed by atoms with E-state index in [1.807, 2.05) is 0 Å². The van der Waals surface area contributed by atoms with E-state index in [0.717, 1.165) is 0 Å². The van der Waals surface area contributed by atoms with Gasteiger partial charge in [0.15, 0.2) is 5.79 Å². The molecule has 8 nitrogen and oxygen atoms in total. The Morgan fingerprint density at radius 3 is 2.63 bits per heavy atom. The molecular weight excluding hydrogens is 258 g/mol. The minimum absolute atomic E-state index is 0.0576. The molecule has 1 fully saturated rings. The topological polar surface area (TPSA) is 125 Å². The molecule has 0 saturated carbocycles. The predicted octanol–water partition coefficient (Wildman–Crippen LogP) is -1.55. The first kappa shape index (κ1) is 15.8. The monoisotopic (exact) mass is 277 g/mol. The van der Waals surface area contributed by atoms with E-state index in [-0.39, 0.29) is 13.0 Å². The molecule has 0 spiro atoms. The summed E-state index contributed by atoms with van der Waals surface area (Å²) in [6.07, 6.45) is -2.72. The van der Waals surface area contributed by atoms with E-state index < -0.39 is 42.5 Å². The maximum absolute atomic E-state index is 11.4. The van der Waals surface area contributed by atoms with Gasteiger partial charge in [0.05, 0.1) is 19.1 Å². The van der Waals surface area contributed by atoms with Crippen molar-refractivity contribution >= 4 is 11.9 Å². The molecule has 4 N–H and O–H groups in total. The molecule has 0 bridgehead atoms. The number of hydrogen-bond acceptors (Lipinski definition) is 6. The average molecular weight is 277 g/mol. The summed E-state index contributed by atoms with van der Waals surface area (Å²) in [6.45, 7) is 2.42. The zero-order valence-corrected chi connectivity index (χ0v) is 10.8. The standard InChI is InChI=1S/C11H19NO7/c1-11(2,17)19-7-5-18-6(10(7)16)3-8(13)12-4-9(14)15/h6-7,10,16-17H,3-5H2,1-2H3,(H,12,13)(H,14,15)/t6-,7+,10+/m1/s1. The smallest absolute Gasteiger partial charge is 0.322 e. The van der Waals surface area contributed by atoms with Crippen LogP contribution < -0.4 is 5.32 Å². The molecule has 1 saturated heterocycles. The number of carboxylic acids is 1. The van der Waals surface area contributed by atoms with Crippen LogP contribution in [0, 0.1) is 0 Å². The second-order valence-corrected chi connectivity index (χ2v) is 4.84. The molecule has 1 aliphatic rings. The number of aliphatic hydroxyl groups excluding tert-OH is 1. The average Bonchev–Trinajstić information content (AvgIpc) is 2.57. The van der Waals surface area contributed by atoms with E-state index in [4.69, 9.17) is 14.6 Å². The summed E-state index contributed by atoms with van der Waals surface area (Å²) < 4.78 is 10.4. The molecule has 19 heavy (non-hydrogen) atoms. The van der Waals surface area contributed by atoms with Gasteiger partial charge in [-0.05, 0) is 13.8 Å². The molecule has 0 unspecified atom stereocenters. The largest absolute Gasteiger partial charge is 0.480 e. The first-order valence-corrected chi connectivity index (χ1v) is 5.87. The Hall–Kier alpha value is -1.22. The van der Waals surface area contributed by atoms with E-state index in [1.54, 1.807) is 0 Å².